The van der Waals surface area contributed by atoms with Crippen LogP contribution in [0.4, 0.5) is 0 Å². The SMILES string of the molecule is N#Cc1ccc(-c2cc(=O)n3nccc3n2C2C3CC4CC(C3)CC2(c2ccc(Cl)cc2Cl)C4)cc1. The van der Waals surface area contributed by atoms with Crippen molar-refractivity contribution in [3.63, 3.8) is 0 Å². The third-order valence-electron chi connectivity index (χ3n) is 8.91. The molecule has 4 fully saturated rings. The molecule has 36 heavy (non-hydrogen) atoms. The highest BCUT2D eigenvalue weighted by Crippen LogP contribution is 2.66. The van der Waals surface area contributed by atoms with Crippen LogP contribution in [0.25, 0.3) is 16.9 Å². The Morgan fingerprint density at radius 1 is 0.972 bits per heavy atom. The number of hydrogen-bond acceptors (Lipinski definition) is 3. The molecular formula is C29H24Cl2N4O. The van der Waals surface area contributed by atoms with Gasteiger partial charge in [-0.25, -0.2) is 0 Å². The second-order valence-corrected chi connectivity index (χ2v) is 11.7. The van der Waals surface area contributed by atoms with Crippen molar-refractivity contribution < 1.29 is 0 Å². The van der Waals surface area contributed by atoms with E-state index in [1.807, 2.05) is 42.5 Å². The van der Waals surface area contributed by atoms with E-state index in [9.17, 15) is 10.1 Å². The molecule has 7 heteroatoms. The molecule has 0 amide bonds. The van der Waals surface area contributed by atoms with Crippen LogP contribution in [0.3, 0.4) is 0 Å². The molecule has 4 aliphatic rings. The summed E-state index contributed by atoms with van der Waals surface area (Å²) in [6, 6.07) is 19.4. The summed E-state index contributed by atoms with van der Waals surface area (Å²) < 4.78 is 3.87. The number of halogens is 2. The average molecular weight is 515 g/mol. The molecule has 2 heterocycles. The van der Waals surface area contributed by atoms with E-state index in [2.05, 4.69) is 21.8 Å². The quantitative estimate of drug-likeness (QED) is 0.307. The Labute approximate surface area is 218 Å². The van der Waals surface area contributed by atoms with Crippen LogP contribution in [0.15, 0.2) is 65.6 Å². The Morgan fingerprint density at radius 3 is 2.42 bits per heavy atom. The number of nitriles is 1. The van der Waals surface area contributed by atoms with Crippen molar-refractivity contribution in [2.45, 2.75) is 43.6 Å². The summed E-state index contributed by atoms with van der Waals surface area (Å²) in [5.74, 6) is 1.84. The first-order valence-corrected chi connectivity index (χ1v) is 13.3. The molecule has 0 saturated heterocycles. The predicted molar refractivity (Wildman–Crippen MR) is 140 cm³/mol. The largest absolute Gasteiger partial charge is 0.321 e. The Kier molecular flexibility index (Phi) is 4.90. The lowest BCUT2D eigenvalue weighted by Crippen LogP contribution is -2.56. The standard InChI is InChI=1S/C29H24Cl2N4O/c30-22-5-6-23(24(31)12-22)29-14-18-9-19(15-29)11-21(10-18)28(29)34-25(20-3-1-17(16-32)2-4-20)13-27(36)35-26(34)7-8-33-35/h1-8,12-13,18-19,21,28H,9-11,14-15H2. The van der Waals surface area contributed by atoms with E-state index in [0.29, 0.717) is 28.3 Å². The molecule has 5 nitrogen and oxygen atoms in total. The van der Waals surface area contributed by atoms with E-state index in [1.54, 1.807) is 12.3 Å². The van der Waals surface area contributed by atoms with Gasteiger partial charge in [-0.1, -0.05) is 41.4 Å². The Morgan fingerprint density at radius 2 is 1.72 bits per heavy atom. The van der Waals surface area contributed by atoms with Crippen LogP contribution in [0.5, 0.6) is 0 Å². The highest BCUT2D eigenvalue weighted by atomic mass is 35.5. The van der Waals surface area contributed by atoms with Gasteiger partial charge in [-0.15, -0.1) is 0 Å². The fourth-order valence-corrected chi connectivity index (χ4v) is 8.59. The van der Waals surface area contributed by atoms with Crippen LogP contribution in [-0.4, -0.2) is 14.2 Å². The van der Waals surface area contributed by atoms with Crippen molar-refractivity contribution in [1.29, 1.82) is 5.26 Å². The van der Waals surface area contributed by atoms with E-state index >= 15 is 0 Å². The molecule has 180 valence electrons. The molecule has 3 unspecified atom stereocenters. The third-order valence-corrected chi connectivity index (χ3v) is 9.46. The van der Waals surface area contributed by atoms with E-state index < -0.39 is 0 Å². The van der Waals surface area contributed by atoms with Gasteiger partial charge < -0.3 is 4.57 Å². The zero-order valence-corrected chi connectivity index (χ0v) is 21.1. The average Bonchev–Trinajstić information content (AvgIpc) is 3.35. The summed E-state index contributed by atoms with van der Waals surface area (Å²) >= 11 is 13.3. The molecule has 4 saturated carbocycles. The van der Waals surface area contributed by atoms with Gasteiger partial charge in [-0.2, -0.15) is 14.9 Å². The maximum absolute atomic E-state index is 13.1. The van der Waals surface area contributed by atoms with Crippen molar-refractivity contribution in [2.75, 3.05) is 0 Å². The van der Waals surface area contributed by atoms with Crippen molar-refractivity contribution in [1.82, 2.24) is 14.2 Å². The maximum Gasteiger partial charge on any atom is 0.274 e. The van der Waals surface area contributed by atoms with Crippen LogP contribution >= 0.6 is 23.2 Å². The minimum absolute atomic E-state index is 0.120. The second kappa shape index (κ2) is 7.96. The molecule has 3 atom stereocenters. The number of rotatable bonds is 3. The van der Waals surface area contributed by atoms with Crippen LogP contribution in [0, 0.1) is 29.1 Å². The van der Waals surface area contributed by atoms with Crippen molar-refractivity contribution in [3.8, 4) is 17.3 Å². The van der Waals surface area contributed by atoms with E-state index in [1.165, 1.54) is 29.3 Å². The van der Waals surface area contributed by atoms with Gasteiger partial charge in [-0.05, 0) is 85.3 Å². The van der Waals surface area contributed by atoms with E-state index in [-0.39, 0.29) is 17.0 Å². The zero-order chi connectivity index (χ0) is 24.6. The summed E-state index contributed by atoms with van der Waals surface area (Å²) in [4.78, 5) is 13.1. The molecule has 0 radical (unpaired) electrons. The Hall–Kier alpha value is -3.07. The highest BCUT2D eigenvalue weighted by Gasteiger charge is 2.59. The highest BCUT2D eigenvalue weighted by molar-refractivity contribution is 6.35. The molecule has 2 aromatic heterocycles. The molecule has 0 spiro atoms. The van der Waals surface area contributed by atoms with Crippen LogP contribution in [0.2, 0.25) is 10.0 Å². The van der Waals surface area contributed by atoms with Crippen LogP contribution in [0.1, 0.15) is 49.3 Å². The fourth-order valence-electron chi connectivity index (χ4n) is 7.99. The normalized spacial score (nSPS) is 28.5. The molecule has 4 aromatic rings. The molecule has 0 N–H and O–H groups in total. The first-order chi connectivity index (χ1) is 17.5. The van der Waals surface area contributed by atoms with Gasteiger partial charge in [-0.3, -0.25) is 4.79 Å². The summed E-state index contributed by atoms with van der Waals surface area (Å²) in [7, 11) is 0. The maximum atomic E-state index is 13.1. The zero-order valence-electron chi connectivity index (χ0n) is 19.6. The van der Waals surface area contributed by atoms with Gasteiger partial charge in [0.1, 0.15) is 5.65 Å². The van der Waals surface area contributed by atoms with Gasteiger partial charge in [0.2, 0.25) is 0 Å². The second-order valence-electron chi connectivity index (χ2n) is 10.9. The van der Waals surface area contributed by atoms with E-state index in [0.717, 1.165) is 34.8 Å². The summed E-state index contributed by atoms with van der Waals surface area (Å²) in [6.45, 7) is 0. The summed E-state index contributed by atoms with van der Waals surface area (Å²) in [5.41, 5.74) is 4.02. The first kappa shape index (κ1) is 22.2. The number of nitrogens with zero attached hydrogens (tertiary/aromatic N) is 4. The van der Waals surface area contributed by atoms with Gasteiger partial charge in [0.15, 0.2) is 0 Å². The lowest BCUT2D eigenvalue weighted by molar-refractivity contribution is -0.0524. The molecule has 8 rings (SSSR count). The minimum atomic E-state index is -0.159. The van der Waals surface area contributed by atoms with E-state index in [4.69, 9.17) is 23.2 Å². The Balaban J connectivity index is 1.53. The molecule has 4 aliphatic carbocycles. The fraction of sp³-hybridized carbons (Fsp3) is 0.345. The lowest BCUT2D eigenvalue weighted by Gasteiger charge is -2.62. The molecule has 4 bridgehead atoms. The Bertz CT molecular complexity index is 1600. The monoisotopic (exact) mass is 514 g/mol. The number of fused-ring (bicyclic) bond motifs is 1. The van der Waals surface area contributed by atoms with Gasteiger partial charge in [0.05, 0.1) is 23.5 Å². The lowest BCUT2D eigenvalue weighted by atomic mass is 9.45. The van der Waals surface area contributed by atoms with Crippen molar-refractivity contribution >= 4 is 28.8 Å². The van der Waals surface area contributed by atoms with Crippen molar-refractivity contribution in [2.24, 2.45) is 17.8 Å². The van der Waals surface area contributed by atoms with Crippen molar-refractivity contribution in [3.05, 3.63) is 92.3 Å². The number of aromatic nitrogens is 3. The number of benzene rings is 2. The first-order valence-electron chi connectivity index (χ1n) is 12.5. The smallest absolute Gasteiger partial charge is 0.274 e. The topological polar surface area (TPSA) is 63.1 Å². The number of hydrogen-bond donors (Lipinski definition) is 0. The van der Waals surface area contributed by atoms with Crippen LogP contribution in [-0.2, 0) is 5.41 Å². The molecule has 2 aromatic carbocycles. The van der Waals surface area contributed by atoms with Gasteiger partial charge in [0.25, 0.3) is 5.56 Å². The minimum Gasteiger partial charge on any atom is -0.321 e. The van der Waals surface area contributed by atoms with Gasteiger partial charge in [0, 0.05) is 33.6 Å². The summed E-state index contributed by atoms with van der Waals surface area (Å²) in [5, 5.41) is 15.1. The predicted octanol–water partition coefficient (Wildman–Crippen LogP) is 6.66. The third kappa shape index (κ3) is 3.14. The van der Waals surface area contributed by atoms with Gasteiger partial charge >= 0.3 is 0 Å². The summed E-state index contributed by atoms with van der Waals surface area (Å²) in [6.07, 6.45) is 7.52. The molecule has 0 aliphatic heterocycles. The van der Waals surface area contributed by atoms with Crippen LogP contribution < -0.4 is 5.56 Å². The molecular weight excluding hydrogens is 491 g/mol.